The minimum absolute atomic E-state index is 0.00474. The van der Waals surface area contributed by atoms with Crippen molar-refractivity contribution in [2.24, 2.45) is 11.8 Å². The van der Waals surface area contributed by atoms with Crippen molar-refractivity contribution >= 4 is 5.97 Å². The van der Waals surface area contributed by atoms with Crippen LogP contribution in [0.25, 0.3) is 0 Å². The third-order valence-electron chi connectivity index (χ3n) is 11.1. The van der Waals surface area contributed by atoms with Crippen LogP contribution in [-0.2, 0) is 14.3 Å². The number of hydrogen-bond donors (Lipinski definition) is 3. The number of ether oxygens (including phenoxy) is 2. The maximum absolute atomic E-state index is 12.4. The van der Waals surface area contributed by atoms with Crippen LogP contribution in [0.2, 0.25) is 0 Å². The maximum atomic E-state index is 12.4. The number of carbonyl (C=O) groups excluding carboxylic acids is 1. The first-order valence-electron chi connectivity index (χ1n) is 23.3. The third kappa shape index (κ3) is 36.3. The molecule has 4 unspecified atom stereocenters. The minimum atomic E-state index is -0.600. The summed E-state index contributed by atoms with van der Waals surface area (Å²) in [6.45, 7) is 11.5. The lowest BCUT2D eigenvalue weighted by Crippen LogP contribution is -2.30. The molecular weight excluding hydrogens is 647 g/mol. The van der Waals surface area contributed by atoms with Gasteiger partial charge in [0.1, 0.15) is 0 Å². The van der Waals surface area contributed by atoms with Crippen molar-refractivity contribution < 1.29 is 24.5 Å². The van der Waals surface area contributed by atoms with Gasteiger partial charge >= 0.3 is 5.97 Å². The highest BCUT2D eigenvalue weighted by molar-refractivity contribution is 5.69. The molecule has 0 aliphatic carbocycles. The number of aliphatic hydroxyl groups is 2. The molecular formula is C46H93NO5. The molecule has 0 aromatic carbocycles. The van der Waals surface area contributed by atoms with Gasteiger partial charge in [0.2, 0.25) is 0 Å². The molecule has 0 aromatic heterocycles. The topological polar surface area (TPSA) is 88.0 Å². The fourth-order valence-electron chi connectivity index (χ4n) is 7.46. The molecule has 0 aliphatic heterocycles. The first kappa shape index (κ1) is 51.3. The SMILES string of the molecule is CCCCCCC(CCCC)COC(=O)CCCCCCCCC(CCCCCCCCC(O)OCC(CCCC)CCCCCC)NCCCO. The number of rotatable bonds is 43. The van der Waals surface area contributed by atoms with Gasteiger partial charge in [0.25, 0.3) is 0 Å². The van der Waals surface area contributed by atoms with Gasteiger partial charge in [-0.3, -0.25) is 4.79 Å². The number of aliphatic hydroxyl groups excluding tert-OH is 2. The van der Waals surface area contributed by atoms with Crippen molar-refractivity contribution in [1.82, 2.24) is 5.32 Å². The van der Waals surface area contributed by atoms with Gasteiger partial charge in [0.15, 0.2) is 6.29 Å². The Morgan fingerprint density at radius 2 is 0.923 bits per heavy atom. The van der Waals surface area contributed by atoms with Gasteiger partial charge in [-0.1, -0.05) is 169 Å². The summed E-state index contributed by atoms with van der Waals surface area (Å²) in [5, 5.41) is 23.4. The molecule has 6 nitrogen and oxygen atoms in total. The van der Waals surface area contributed by atoms with Crippen LogP contribution >= 0.6 is 0 Å². The summed E-state index contributed by atoms with van der Waals surface area (Å²) in [6.07, 6.45) is 38.5. The Balaban J connectivity index is 4.01. The Hall–Kier alpha value is -0.690. The average molecular weight is 740 g/mol. The Morgan fingerprint density at radius 1 is 0.500 bits per heavy atom. The molecule has 0 radical (unpaired) electrons. The first-order valence-corrected chi connectivity index (χ1v) is 23.3. The standard InChI is InChI=1S/C46H93NO5/c1-5-9-13-23-32-42(30-11-7-3)40-51-45(49)36-27-21-17-15-19-25-34-44(47-38-29-39-48)35-26-20-16-18-22-28-37-46(50)52-41-43(31-12-8-4)33-24-14-10-6-2/h42-45,47-49H,5-41H2,1-4H3. The largest absolute Gasteiger partial charge is 0.465 e. The van der Waals surface area contributed by atoms with E-state index in [1.54, 1.807) is 0 Å². The lowest BCUT2D eigenvalue weighted by molar-refractivity contribution is -0.145. The van der Waals surface area contributed by atoms with Crippen LogP contribution in [0.3, 0.4) is 0 Å². The number of unbranched alkanes of at least 4 members (excludes halogenated alkanes) is 18. The molecule has 0 aliphatic rings. The minimum Gasteiger partial charge on any atom is -0.465 e. The fraction of sp³-hybridized carbons (Fsp3) is 0.978. The second-order valence-electron chi connectivity index (χ2n) is 16.3. The molecule has 0 amide bonds. The number of nitrogens with one attached hydrogen (secondary N) is 1. The Labute approximate surface area is 325 Å². The van der Waals surface area contributed by atoms with E-state index in [4.69, 9.17) is 9.47 Å². The Kier molecular flexibility index (Phi) is 40.9. The van der Waals surface area contributed by atoms with Gasteiger partial charge in [-0.15, -0.1) is 0 Å². The van der Waals surface area contributed by atoms with E-state index in [1.165, 1.54) is 173 Å². The molecule has 3 N–H and O–H groups in total. The molecule has 52 heavy (non-hydrogen) atoms. The quantitative estimate of drug-likeness (QED) is 0.0328. The van der Waals surface area contributed by atoms with Crippen molar-refractivity contribution in [3.05, 3.63) is 0 Å². The van der Waals surface area contributed by atoms with Crippen molar-refractivity contribution in [2.75, 3.05) is 26.4 Å². The Morgan fingerprint density at radius 3 is 1.44 bits per heavy atom. The first-order chi connectivity index (χ1) is 25.5. The second kappa shape index (κ2) is 41.5. The smallest absolute Gasteiger partial charge is 0.305 e. The lowest BCUT2D eigenvalue weighted by Gasteiger charge is -2.20. The van der Waals surface area contributed by atoms with E-state index in [0.717, 1.165) is 45.3 Å². The van der Waals surface area contributed by atoms with E-state index in [-0.39, 0.29) is 12.6 Å². The van der Waals surface area contributed by atoms with Crippen LogP contribution in [0, 0.1) is 11.8 Å². The summed E-state index contributed by atoms with van der Waals surface area (Å²) in [5.74, 6) is 1.15. The van der Waals surface area contributed by atoms with Crippen LogP contribution in [0.5, 0.6) is 0 Å². The normalized spacial score (nSPS) is 14.0. The van der Waals surface area contributed by atoms with Crippen molar-refractivity contribution in [3.63, 3.8) is 0 Å². The third-order valence-corrected chi connectivity index (χ3v) is 11.1. The summed E-state index contributed by atoms with van der Waals surface area (Å²) < 4.78 is 11.6. The maximum Gasteiger partial charge on any atom is 0.305 e. The van der Waals surface area contributed by atoms with E-state index in [1.807, 2.05) is 0 Å². The number of hydrogen-bond acceptors (Lipinski definition) is 6. The molecule has 0 bridgehead atoms. The van der Waals surface area contributed by atoms with Crippen LogP contribution in [0.1, 0.15) is 240 Å². The van der Waals surface area contributed by atoms with Gasteiger partial charge < -0.3 is 25.0 Å². The molecule has 0 saturated carbocycles. The van der Waals surface area contributed by atoms with Crippen LogP contribution < -0.4 is 5.32 Å². The van der Waals surface area contributed by atoms with Crippen molar-refractivity contribution in [3.8, 4) is 0 Å². The zero-order valence-electron chi connectivity index (χ0n) is 35.6. The Bertz CT molecular complexity index is 706. The molecule has 0 rings (SSSR count). The second-order valence-corrected chi connectivity index (χ2v) is 16.3. The summed E-state index contributed by atoms with van der Waals surface area (Å²) in [4.78, 5) is 12.4. The zero-order chi connectivity index (χ0) is 38.2. The van der Waals surface area contributed by atoms with E-state index in [0.29, 0.717) is 30.9 Å². The zero-order valence-corrected chi connectivity index (χ0v) is 35.6. The van der Waals surface area contributed by atoms with Crippen LogP contribution in [0.15, 0.2) is 0 Å². The lowest BCUT2D eigenvalue weighted by atomic mass is 9.96. The van der Waals surface area contributed by atoms with Gasteiger partial charge in [0.05, 0.1) is 13.2 Å². The summed E-state index contributed by atoms with van der Waals surface area (Å²) in [6, 6.07) is 0.550. The van der Waals surface area contributed by atoms with Crippen molar-refractivity contribution in [1.29, 1.82) is 0 Å². The van der Waals surface area contributed by atoms with Gasteiger partial charge in [-0.25, -0.2) is 0 Å². The molecule has 6 heteroatoms. The van der Waals surface area contributed by atoms with Crippen LogP contribution in [0.4, 0.5) is 0 Å². The number of carbonyl (C=O) groups is 1. The highest BCUT2D eigenvalue weighted by Gasteiger charge is 2.14. The molecule has 4 atom stereocenters. The van der Waals surface area contributed by atoms with Crippen LogP contribution in [-0.4, -0.2) is 54.9 Å². The molecule has 0 spiro atoms. The van der Waals surface area contributed by atoms with Gasteiger partial charge in [0, 0.05) is 19.1 Å². The average Bonchev–Trinajstić information content (AvgIpc) is 3.15. The van der Waals surface area contributed by atoms with E-state index in [2.05, 4.69) is 33.0 Å². The monoisotopic (exact) mass is 740 g/mol. The predicted octanol–water partition coefficient (Wildman–Crippen LogP) is 13.0. The summed E-state index contributed by atoms with van der Waals surface area (Å²) >= 11 is 0. The van der Waals surface area contributed by atoms with Gasteiger partial charge in [-0.05, 0) is 82.6 Å². The number of esters is 1. The summed E-state index contributed by atoms with van der Waals surface area (Å²) in [7, 11) is 0. The van der Waals surface area contributed by atoms with Crippen molar-refractivity contribution in [2.45, 2.75) is 252 Å². The fourth-order valence-corrected chi connectivity index (χ4v) is 7.46. The molecule has 312 valence electrons. The molecule has 0 fully saturated rings. The van der Waals surface area contributed by atoms with E-state index in [9.17, 15) is 15.0 Å². The molecule has 0 aromatic rings. The highest BCUT2D eigenvalue weighted by atomic mass is 16.6. The van der Waals surface area contributed by atoms with Gasteiger partial charge in [-0.2, -0.15) is 0 Å². The summed E-state index contributed by atoms with van der Waals surface area (Å²) in [5.41, 5.74) is 0. The van der Waals surface area contributed by atoms with E-state index >= 15 is 0 Å². The molecule has 0 saturated heterocycles. The van der Waals surface area contributed by atoms with E-state index < -0.39 is 6.29 Å². The predicted molar refractivity (Wildman–Crippen MR) is 224 cm³/mol. The molecule has 0 heterocycles. The highest BCUT2D eigenvalue weighted by Crippen LogP contribution is 2.21.